The summed E-state index contributed by atoms with van der Waals surface area (Å²) in [7, 11) is 1.39. The van der Waals surface area contributed by atoms with Crippen molar-refractivity contribution in [3.05, 3.63) is 114 Å². The summed E-state index contributed by atoms with van der Waals surface area (Å²) in [6.45, 7) is 0. The molecule has 0 aliphatic rings. The molecule has 5 nitrogen and oxygen atoms in total. The molecular weight excluding hydrogens is 410 g/mol. The first kappa shape index (κ1) is 22.0. The Morgan fingerprint density at radius 1 is 0.879 bits per heavy atom. The Bertz CT molecular complexity index is 1210. The lowest BCUT2D eigenvalue weighted by molar-refractivity contribution is -0.141. The molecule has 0 bridgehead atoms. The summed E-state index contributed by atoms with van der Waals surface area (Å²) in [6, 6.07) is 29.5. The third-order valence-corrected chi connectivity index (χ3v) is 5.23. The van der Waals surface area contributed by atoms with Crippen LogP contribution in [0.15, 0.2) is 97.3 Å². The van der Waals surface area contributed by atoms with Crippen LogP contribution in [0.2, 0.25) is 0 Å². The second-order valence-corrected chi connectivity index (χ2v) is 7.56. The van der Waals surface area contributed by atoms with Crippen molar-refractivity contribution in [3.63, 3.8) is 0 Å². The van der Waals surface area contributed by atoms with E-state index in [9.17, 15) is 4.79 Å². The molecule has 5 heteroatoms. The molecule has 164 valence electrons. The van der Waals surface area contributed by atoms with Crippen molar-refractivity contribution in [3.8, 4) is 11.3 Å². The van der Waals surface area contributed by atoms with Crippen molar-refractivity contribution >= 4 is 23.9 Å². The minimum Gasteiger partial charge on any atom is -0.467 e. The van der Waals surface area contributed by atoms with Gasteiger partial charge in [0, 0.05) is 18.1 Å². The summed E-state index contributed by atoms with van der Waals surface area (Å²) < 4.78 is 4.99. The lowest BCUT2D eigenvalue weighted by Gasteiger charge is -2.17. The maximum atomic E-state index is 12.3. The molecule has 1 unspecified atom stereocenters. The van der Waals surface area contributed by atoms with Gasteiger partial charge in [0.1, 0.15) is 18.2 Å². The maximum absolute atomic E-state index is 12.3. The number of aromatic nitrogens is 2. The van der Waals surface area contributed by atoms with Crippen LogP contribution in [0, 0.1) is 0 Å². The first-order chi connectivity index (χ1) is 16.2. The van der Waals surface area contributed by atoms with Gasteiger partial charge < -0.3 is 10.1 Å². The highest BCUT2D eigenvalue weighted by molar-refractivity contribution is 5.79. The number of methoxy groups -OCH3 is 1. The predicted octanol–water partition coefficient (Wildman–Crippen LogP) is 5.51. The Hall–Kier alpha value is -4.25. The highest BCUT2D eigenvalue weighted by Crippen LogP contribution is 2.21. The quantitative estimate of drug-likeness (QED) is 0.292. The van der Waals surface area contributed by atoms with Crippen LogP contribution in [0.4, 0.5) is 5.82 Å². The average molecular weight is 436 g/mol. The smallest absolute Gasteiger partial charge is 0.328 e. The molecule has 4 aromatic rings. The van der Waals surface area contributed by atoms with Crippen molar-refractivity contribution in [2.75, 3.05) is 12.4 Å². The molecule has 0 amide bonds. The van der Waals surface area contributed by atoms with Gasteiger partial charge in [0.2, 0.25) is 0 Å². The van der Waals surface area contributed by atoms with E-state index in [1.165, 1.54) is 13.4 Å². The minimum atomic E-state index is -0.550. The number of anilines is 1. The van der Waals surface area contributed by atoms with Crippen molar-refractivity contribution < 1.29 is 9.53 Å². The number of hydrogen-bond donors (Lipinski definition) is 1. The monoisotopic (exact) mass is 435 g/mol. The van der Waals surface area contributed by atoms with Gasteiger partial charge in [-0.15, -0.1) is 0 Å². The van der Waals surface area contributed by atoms with Crippen LogP contribution in [0.5, 0.6) is 0 Å². The summed E-state index contributed by atoms with van der Waals surface area (Å²) in [5.41, 5.74) is 5.03. The molecule has 0 aliphatic heterocycles. The number of ether oxygens (including phenoxy) is 1. The number of carbonyl (C=O) groups excluding carboxylic acids is 1. The van der Waals surface area contributed by atoms with Crippen molar-refractivity contribution in [2.24, 2.45) is 0 Å². The van der Waals surface area contributed by atoms with Crippen molar-refractivity contribution in [1.29, 1.82) is 0 Å². The highest BCUT2D eigenvalue weighted by Gasteiger charge is 2.20. The highest BCUT2D eigenvalue weighted by atomic mass is 16.5. The summed E-state index contributed by atoms with van der Waals surface area (Å²) in [5.74, 6) is 0.230. The van der Waals surface area contributed by atoms with Crippen molar-refractivity contribution in [2.45, 2.75) is 12.5 Å². The molecule has 1 aromatic heterocycles. The van der Waals surface area contributed by atoms with Gasteiger partial charge in [-0.3, -0.25) is 0 Å². The van der Waals surface area contributed by atoms with Gasteiger partial charge in [-0.05, 0) is 16.7 Å². The average Bonchev–Trinajstić information content (AvgIpc) is 2.88. The number of nitrogens with zero attached hydrogens (tertiary/aromatic N) is 2. The Morgan fingerprint density at radius 3 is 2.18 bits per heavy atom. The van der Waals surface area contributed by atoms with E-state index in [2.05, 4.69) is 51.7 Å². The standard InChI is InChI=1S/C28H25N3O2/c1-33-28(32)26(18-23-10-6-3-7-11-23)31-27-19-25(29-20-30-27)24-16-14-22(15-17-24)13-12-21-8-4-2-5-9-21/h2-17,19-20,26H,18H2,1H3,(H,29,30,31). The van der Waals surface area contributed by atoms with Crippen LogP contribution in [-0.2, 0) is 16.0 Å². The Kier molecular flexibility index (Phi) is 7.23. The Labute approximate surface area is 193 Å². The zero-order chi connectivity index (χ0) is 22.9. The van der Waals surface area contributed by atoms with E-state index in [0.29, 0.717) is 12.2 Å². The number of esters is 1. The molecule has 0 saturated carbocycles. The number of hydrogen-bond acceptors (Lipinski definition) is 5. The van der Waals surface area contributed by atoms with Gasteiger partial charge >= 0.3 is 5.97 Å². The fourth-order valence-corrected chi connectivity index (χ4v) is 3.48. The number of benzene rings is 3. The van der Waals surface area contributed by atoms with Crippen LogP contribution in [0.3, 0.4) is 0 Å². The van der Waals surface area contributed by atoms with Crippen LogP contribution in [-0.4, -0.2) is 29.1 Å². The van der Waals surface area contributed by atoms with Crippen LogP contribution >= 0.6 is 0 Å². The van der Waals surface area contributed by atoms with E-state index in [0.717, 1.165) is 27.9 Å². The summed E-state index contributed by atoms with van der Waals surface area (Å²) in [5, 5.41) is 3.20. The lowest BCUT2D eigenvalue weighted by Crippen LogP contribution is -2.33. The molecule has 1 heterocycles. The first-order valence-electron chi connectivity index (χ1n) is 10.8. The van der Waals surface area contributed by atoms with Gasteiger partial charge in [0.15, 0.2) is 0 Å². The summed E-state index contributed by atoms with van der Waals surface area (Å²) in [6.07, 6.45) is 6.16. The van der Waals surface area contributed by atoms with E-state index in [1.54, 1.807) is 0 Å². The van der Waals surface area contributed by atoms with Crippen LogP contribution < -0.4 is 5.32 Å². The first-order valence-corrected chi connectivity index (χ1v) is 10.8. The fraction of sp³-hybridized carbons (Fsp3) is 0.107. The zero-order valence-electron chi connectivity index (χ0n) is 18.4. The van der Waals surface area contributed by atoms with E-state index in [4.69, 9.17) is 4.74 Å². The SMILES string of the molecule is COC(=O)C(Cc1ccccc1)Nc1cc(-c2ccc(C=Cc3ccccc3)cc2)ncn1. The predicted molar refractivity (Wildman–Crippen MR) is 132 cm³/mol. The zero-order valence-corrected chi connectivity index (χ0v) is 18.4. The molecular formula is C28H25N3O2. The third kappa shape index (κ3) is 6.14. The molecule has 0 fully saturated rings. The Balaban J connectivity index is 1.48. The van der Waals surface area contributed by atoms with Crippen molar-refractivity contribution in [1.82, 2.24) is 9.97 Å². The van der Waals surface area contributed by atoms with E-state index in [-0.39, 0.29) is 5.97 Å². The van der Waals surface area contributed by atoms with E-state index < -0.39 is 6.04 Å². The maximum Gasteiger partial charge on any atom is 0.328 e. The third-order valence-electron chi connectivity index (χ3n) is 5.23. The second kappa shape index (κ2) is 10.9. The largest absolute Gasteiger partial charge is 0.467 e. The van der Waals surface area contributed by atoms with Gasteiger partial charge in [0.25, 0.3) is 0 Å². The molecule has 4 rings (SSSR count). The van der Waals surface area contributed by atoms with E-state index >= 15 is 0 Å². The molecule has 1 atom stereocenters. The van der Waals surface area contributed by atoms with Gasteiger partial charge in [0.05, 0.1) is 12.8 Å². The van der Waals surface area contributed by atoms with E-state index in [1.807, 2.05) is 66.7 Å². The number of rotatable bonds is 8. The molecule has 3 aromatic carbocycles. The van der Waals surface area contributed by atoms with Crippen LogP contribution in [0.1, 0.15) is 16.7 Å². The van der Waals surface area contributed by atoms with Crippen LogP contribution in [0.25, 0.3) is 23.4 Å². The lowest BCUT2D eigenvalue weighted by atomic mass is 10.1. The molecule has 0 radical (unpaired) electrons. The normalized spacial score (nSPS) is 11.8. The van der Waals surface area contributed by atoms with Gasteiger partial charge in [-0.2, -0.15) is 0 Å². The minimum absolute atomic E-state index is 0.339. The number of nitrogens with one attached hydrogen (secondary N) is 1. The molecule has 1 N–H and O–H groups in total. The number of carbonyl (C=O) groups is 1. The second-order valence-electron chi connectivity index (χ2n) is 7.56. The Morgan fingerprint density at radius 2 is 1.52 bits per heavy atom. The molecule has 0 saturated heterocycles. The van der Waals surface area contributed by atoms with Gasteiger partial charge in [-0.1, -0.05) is 97.1 Å². The molecule has 0 spiro atoms. The summed E-state index contributed by atoms with van der Waals surface area (Å²) in [4.78, 5) is 21.0. The fourth-order valence-electron chi connectivity index (χ4n) is 3.48. The topological polar surface area (TPSA) is 64.1 Å². The van der Waals surface area contributed by atoms with Gasteiger partial charge in [-0.25, -0.2) is 14.8 Å². The molecule has 33 heavy (non-hydrogen) atoms. The molecule has 0 aliphatic carbocycles. The summed E-state index contributed by atoms with van der Waals surface area (Å²) >= 11 is 0.